The van der Waals surface area contributed by atoms with Crippen molar-refractivity contribution >= 4 is 45.0 Å². The fraction of sp³-hybridized carbons (Fsp3) is 0.241. The van der Waals surface area contributed by atoms with E-state index < -0.39 is 0 Å². The Morgan fingerprint density at radius 1 is 1.05 bits per heavy atom. The molecule has 0 N–H and O–H groups in total. The van der Waals surface area contributed by atoms with Gasteiger partial charge >= 0.3 is 0 Å². The zero-order valence-electron chi connectivity index (χ0n) is 21.1. The number of nitrogens with zero attached hydrogens (tertiary/aromatic N) is 2. The van der Waals surface area contributed by atoms with Crippen LogP contribution in [0.25, 0.3) is 22.1 Å². The molecule has 0 saturated carbocycles. The van der Waals surface area contributed by atoms with E-state index in [0.717, 1.165) is 33.5 Å². The predicted octanol–water partition coefficient (Wildman–Crippen LogP) is 6.01. The summed E-state index contributed by atoms with van der Waals surface area (Å²) in [6.07, 6.45) is 1.79. The molecular weight excluding hydrogens is 508 g/mol. The molecule has 0 amide bonds. The van der Waals surface area contributed by atoms with Crippen LogP contribution < -0.4 is 24.3 Å². The highest BCUT2D eigenvalue weighted by Gasteiger charge is 2.14. The molecular formula is C29H27ClN2O4S. The molecule has 0 fully saturated rings. The summed E-state index contributed by atoms with van der Waals surface area (Å²) < 4.78 is 19.7. The molecule has 2 heterocycles. The largest absolute Gasteiger partial charge is 0.493 e. The Labute approximate surface area is 223 Å². The van der Waals surface area contributed by atoms with Gasteiger partial charge < -0.3 is 14.2 Å². The van der Waals surface area contributed by atoms with Crippen molar-refractivity contribution in [2.45, 2.75) is 26.7 Å². The Kier molecular flexibility index (Phi) is 7.09. The van der Waals surface area contributed by atoms with Crippen molar-refractivity contribution in [2.75, 3.05) is 20.3 Å². The molecule has 0 spiro atoms. The molecule has 6 nitrogen and oxygen atoms in total. The van der Waals surface area contributed by atoms with Gasteiger partial charge in [-0.25, -0.2) is 9.38 Å². The van der Waals surface area contributed by atoms with Crippen LogP contribution in [0, 0.1) is 6.92 Å². The number of rotatable bonds is 8. The van der Waals surface area contributed by atoms with Crippen LogP contribution in [-0.2, 0) is 0 Å². The number of hydrogen-bond donors (Lipinski definition) is 0. The molecule has 0 aliphatic heterocycles. The number of aryl methyl sites for hydroxylation is 1. The summed E-state index contributed by atoms with van der Waals surface area (Å²) in [4.78, 5) is 18.3. The maximum atomic E-state index is 13.1. The second kappa shape index (κ2) is 10.4. The standard InChI is InChI=1S/C29H27ClN2O4S/c1-17(2)20-10-9-18(3)13-24(20)35-11-12-36-27-21(30)14-19(15-25(27)34-4)16-26-28(33)32-23-8-6-5-7-22(23)31-29(32)37-26/h5-10,13-17H,11-12H2,1-4H3. The van der Waals surface area contributed by atoms with Crippen molar-refractivity contribution in [1.82, 2.24) is 9.38 Å². The first-order valence-electron chi connectivity index (χ1n) is 12.0. The highest BCUT2D eigenvalue weighted by Crippen LogP contribution is 2.37. The average molecular weight is 535 g/mol. The van der Waals surface area contributed by atoms with Gasteiger partial charge in [-0.05, 0) is 65.9 Å². The van der Waals surface area contributed by atoms with Crippen molar-refractivity contribution < 1.29 is 14.2 Å². The highest BCUT2D eigenvalue weighted by molar-refractivity contribution is 7.15. The molecule has 3 aromatic carbocycles. The molecule has 5 rings (SSSR count). The first-order chi connectivity index (χ1) is 17.9. The zero-order valence-corrected chi connectivity index (χ0v) is 22.7. The number of benzene rings is 3. The molecule has 0 aliphatic carbocycles. The lowest BCUT2D eigenvalue weighted by Gasteiger charge is -2.16. The van der Waals surface area contributed by atoms with E-state index >= 15 is 0 Å². The molecule has 5 aromatic rings. The van der Waals surface area contributed by atoms with Crippen molar-refractivity contribution in [1.29, 1.82) is 0 Å². The molecule has 0 aliphatic rings. The van der Waals surface area contributed by atoms with Crippen molar-refractivity contribution in [3.63, 3.8) is 0 Å². The summed E-state index contributed by atoms with van der Waals surface area (Å²) in [5.74, 6) is 2.14. The van der Waals surface area contributed by atoms with Crippen LogP contribution in [0.15, 0.2) is 59.4 Å². The summed E-state index contributed by atoms with van der Waals surface area (Å²) in [6, 6.07) is 17.4. The van der Waals surface area contributed by atoms with Crippen LogP contribution in [0.5, 0.6) is 17.2 Å². The summed E-state index contributed by atoms with van der Waals surface area (Å²) >= 11 is 7.92. The number of aromatic nitrogens is 2. The average Bonchev–Trinajstić information content (AvgIpc) is 3.38. The monoisotopic (exact) mass is 534 g/mol. The van der Waals surface area contributed by atoms with Gasteiger partial charge in [0.2, 0.25) is 0 Å². The van der Waals surface area contributed by atoms with E-state index in [-0.39, 0.29) is 5.56 Å². The van der Waals surface area contributed by atoms with E-state index in [4.69, 9.17) is 25.8 Å². The van der Waals surface area contributed by atoms with E-state index in [1.54, 1.807) is 29.7 Å². The molecule has 190 valence electrons. The minimum atomic E-state index is -0.113. The third-order valence-corrected chi connectivity index (χ3v) is 7.32. The maximum absolute atomic E-state index is 13.1. The lowest BCUT2D eigenvalue weighted by molar-refractivity contribution is 0.210. The molecule has 0 atom stereocenters. The van der Waals surface area contributed by atoms with E-state index in [0.29, 0.717) is 45.1 Å². The quantitative estimate of drug-likeness (QED) is 0.228. The summed E-state index contributed by atoms with van der Waals surface area (Å²) in [7, 11) is 1.56. The van der Waals surface area contributed by atoms with E-state index in [9.17, 15) is 4.79 Å². The van der Waals surface area contributed by atoms with Gasteiger partial charge in [-0.3, -0.25) is 4.79 Å². The van der Waals surface area contributed by atoms with Crippen LogP contribution >= 0.6 is 22.9 Å². The van der Waals surface area contributed by atoms with Crippen LogP contribution in [0.3, 0.4) is 0 Å². The third kappa shape index (κ3) is 5.02. The van der Waals surface area contributed by atoms with Gasteiger partial charge in [0.15, 0.2) is 16.5 Å². The molecule has 37 heavy (non-hydrogen) atoms. The van der Waals surface area contributed by atoms with Gasteiger partial charge in [0.05, 0.1) is 27.7 Å². The third-order valence-electron chi connectivity index (χ3n) is 6.07. The molecule has 2 aromatic heterocycles. The summed E-state index contributed by atoms with van der Waals surface area (Å²) in [5, 5.41) is 0.392. The number of fused-ring (bicyclic) bond motifs is 3. The lowest BCUT2D eigenvalue weighted by atomic mass is 10.0. The smallest absolute Gasteiger partial charge is 0.274 e. The van der Waals surface area contributed by atoms with Crippen molar-refractivity contribution in [2.24, 2.45) is 0 Å². The maximum Gasteiger partial charge on any atom is 0.274 e. The van der Waals surface area contributed by atoms with Crippen LogP contribution in [0.1, 0.15) is 36.5 Å². The molecule has 0 radical (unpaired) electrons. The Balaban J connectivity index is 1.36. The fourth-order valence-corrected chi connectivity index (χ4v) is 5.53. The van der Waals surface area contributed by atoms with Gasteiger partial charge in [0, 0.05) is 0 Å². The SMILES string of the molecule is COc1cc(C=c2sc3nc4ccccc4n3c2=O)cc(Cl)c1OCCOc1cc(C)ccc1C(C)C. The van der Waals surface area contributed by atoms with Gasteiger partial charge in [0.25, 0.3) is 5.56 Å². The lowest BCUT2D eigenvalue weighted by Crippen LogP contribution is -2.22. The summed E-state index contributed by atoms with van der Waals surface area (Å²) in [6.45, 7) is 6.98. The number of thiazole rings is 1. The minimum Gasteiger partial charge on any atom is -0.493 e. The van der Waals surface area contributed by atoms with Crippen molar-refractivity contribution in [3.05, 3.63) is 91.2 Å². The van der Waals surface area contributed by atoms with Gasteiger partial charge in [-0.2, -0.15) is 0 Å². The minimum absolute atomic E-state index is 0.113. The van der Waals surface area contributed by atoms with Crippen LogP contribution in [0.4, 0.5) is 0 Å². The van der Waals surface area contributed by atoms with Crippen LogP contribution in [0.2, 0.25) is 5.02 Å². The number of halogens is 1. The first kappa shape index (κ1) is 25.1. The second-order valence-corrected chi connectivity index (χ2v) is 10.5. The summed E-state index contributed by atoms with van der Waals surface area (Å²) in [5.41, 5.74) is 4.52. The predicted molar refractivity (Wildman–Crippen MR) is 150 cm³/mol. The Morgan fingerprint density at radius 2 is 1.84 bits per heavy atom. The van der Waals surface area contributed by atoms with Gasteiger partial charge in [-0.1, -0.05) is 61.1 Å². The van der Waals surface area contributed by atoms with E-state index in [2.05, 4.69) is 31.0 Å². The molecule has 0 saturated heterocycles. The van der Waals surface area contributed by atoms with Crippen LogP contribution in [-0.4, -0.2) is 29.7 Å². The molecule has 8 heteroatoms. The normalized spacial score (nSPS) is 12.1. The number of para-hydroxylation sites is 2. The highest BCUT2D eigenvalue weighted by atomic mass is 35.5. The second-order valence-electron chi connectivity index (χ2n) is 9.06. The fourth-order valence-electron chi connectivity index (χ4n) is 4.27. The van der Waals surface area contributed by atoms with E-state index in [1.807, 2.05) is 37.3 Å². The zero-order chi connectivity index (χ0) is 26.1. The van der Waals surface area contributed by atoms with Gasteiger partial charge in [0.1, 0.15) is 19.0 Å². The molecule has 0 bridgehead atoms. The Morgan fingerprint density at radius 3 is 2.62 bits per heavy atom. The van der Waals surface area contributed by atoms with Crippen molar-refractivity contribution in [3.8, 4) is 17.2 Å². The Hall–Kier alpha value is -3.55. The number of hydrogen-bond acceptors (Lipinski definition) is 6. The van der Waals surface area contributed by atoms with E-state index in [1.165, 1.54) is 11.3 Å². The number of methoxy groups -OCH3 is 1. The number of imidazole rings is 1. The first-order valence-corrected chi connectivity index (χ1v) is 13.2. The van der Waals surface area contributed by atoms with Gasteiger partial charge in [-0.15, -0.1) is 0 Å². The Bertz CT molecular complexity index is 1710. The molecule has 0 unspecified atom stereocenters. The topological polar surface area (TPSA) is 62.1 Å². The number of ether oxygens (including phenoxy) is 3.